The van der Waals surface area contributed by atoms with Crippen LogP contribution in [0.3, 0.4) is 0 Å². The summed E-state index contributed by atoms with van der Waals surface area (Å²) in [6, 6.07) is 7.49. The highest BCUT2D eigenvalue weighted by Crippen LogP contribution is 2.21. The van der Waals surface area contributed by atoms with Crippen LogP contribution in [0.25, 0.3) is 0 Å². The van der Waals surface area contributed by atoms with Crippen molar-refractivity contribution in [2.45, 2.75) is 19.4 Å². The smallest absolute Gasteiger partial charge is 0.307 e. The summed E-state index contributed by atoms with van der Waals surface area (Å²) >= 11 is 0. The van der Waals surface area contributed by atoms with Crippen LogP contribution in [0.1, 0.15) is 24.9 Å². The van der Waals surface area contributed by atoms with Gasteiger partial charge in [0.2, 0.25) is 0 Å². The van der Waals surface area contributed by atoms with E-state index in [1.54, 1.807) is 37.1 Å². The van der Waals surface area contributed by atoms with E-state index in [0.717, 1.165) is 0 Å². The van der Waals surface area contributed by atoms with E-state index in [0.29, 0.717) is 18.7 Å². The van der Waals surface area contributed by atoms with Gasteiger partial charge >= 0.3 is 5.97 Å². The largest absolute Gasteiger partial charge is 0.466 e. The topological polar surface area (TPSA) is 53.3 Å². The normalized spacial score (nSPS) is 11.9. The Morgan fingerprint density at radius 2 is 2.21 bits per heavy atom. The number of nitriles is 1. The molecule has 0 saturated heterocycles. The zero-order valence-corrected chi connectivity index (χ0v) is 11.1. The third-order valence-electron chi connectivity index (χ3n) is 2.74. The summed E-state index contributed by atoms with van der Waals surface area (Å²) in [5, 5.41) is 9.17. The van der Waals surface area contributed by atoms with Crippen LogP contribution < -0.4 is 0 Å². The number of carbonyl (C=O) groups is 1. The molecule has 102 valence electrons. The van der Waals surface area contributed by atoms with Crippen LogP contribution in [-0.2, 0) is 9.53 Å². The van der Waals surface area contributed by atoms with E-state index >= 15 is 0 Å². The van der Waals surface area contributed by atoms with Gasteiger partial charge in [0.15, 0.2) is 0 Å². The predicted octanol–water partition coefficient (Wildman–Crippen LogP) is 2.28. The molecule has 0 aromatic heterocycles. The number of rotatable bonds is 6. The van der Waals surface area contributed by atoms with Crippen molar-refractivity contribution in [3.05, 3.63) is 35.6 Å². The summed E-state index contributed by atoms with van der Waals surface area (Å²) in [5.41, 5.74) is 0.316. The van der Waals surface area contributed by atoms with Crippen molar-refractivity contribution in [3.63, 3.8) is 0 Å². The molecule has 5 heteroatoms. The molecule has 0 radical (unpaired) electrons. The van der Waals surface area contributed by atoms with Gasteiger partial charge in [0.1, 0.15) is 11.9 Å². The van der Waals surface area contributed by atoms with Gasteiger partial charge in [0.05, 0.1) is 19.1 Å². The lowest BCUT2D eigenvalue weighted by atomic mass is 10.1. The summed E-state index contributed by atoms with van der Waals surface area (Å²) in [6.45, 7) is 2.40. The first kappa shape index (κ1) is 15.1. The zero-order valence-electron chi connectivity index (χ0n) is 11.1. The summed E-state index contributed by atoms with van der Waals surface area (Å²) < 4.78 is 18.4. The Morgan fingerprint density at radius 3 is 2.79 bits per heavy atom. The number of esters is 1. The van der Waals surface area contributed by atoms with Crippen molar-refractivity contribution in [2.75, 3.05) is 20.2 Å². The standard InChI is InChI=1S/C14H17FN2O2/c1-3-19-14(18)8-9-17(2)13(10-16)11-6-4-5-7-12(11)15/h4-7,13H,3,8-9H2,1-2H3. The molecule has 1 rings (SSSR count). The predicted molar refractivity (Wildman–Crippen MR) is 68.6 cm³/mol. The molecule has 1 aromatic carbocycles. The SMILES string of the molecule is CCOC(=O)CCN(C)C(C#N)c1ccccc1F. The minimum atomic E-state index is -0.712. The molecule has 1 unspecified atom stereocenters. The third-order valence-corrected chi connectivity index (χ3v) is 2.74. The van der Waals surface area contributed by atoms with Crippen molar-refractivity contribution < 1.29 is 13.9 Å². The van der Waals surface area contributed by atoms with E-state index in [2.05, 4.69) is 0 Å². The number of hydrogen-bond donors (Lipinski definition) is 0. The Morgan fingerprint density at radius 1 is 1.53 bits per heavy atom. The van der Waals surface area contributed by atoms with Crippen LogP contribution >= 0.6 is 0 Å². The molecule has 0 spiro atoms. The van der Waals surface area contributed by atoms with E-state index in [1.165, 1.54) is 6.07 Å². The van der Waals surface area contributed by atoms with Gasteiger partial charge in [-0.3, -0.25) is 9.69 Å². The number of halogens is 1. The van der Waals surface area contributed by atoms with Gasteiger partial charge in [0.25, 0.3) is 0 Å². The Labute approximate surface area is 112 Å². The first-order valence-electron chi connectivity index (χ1n) is 6.10. The molecule has 0 aliphatic heterocycles. The minimum absolute atomic E-state index is 0.178. The maximum Gasteiger partial charge on any atom is 0.307 e. The zero-order chi connectivity index (χ0) is 14.3. The average molecular weight is 264 g/mol. The van der Waals surface area contributed by atoms with Crippen LogP contribution in [0, 0.1) is 17.1 Å². The van der Waals surface area contributed by atoms with Crippen LogP contribution in [0.2, 0.25) is 0 Å². The lowest BCUT2D eigenvalue weighted by Gasteiger charge is -2.22. The lowest BCUT2D eigenvalue weighted by Crippen LogP contribution is -2.27. The van der Waals surface area contributed by atoms with Crippen molar-refractivity contribution >= 4 is 5.97 Å². The van der Waals surface area contributed by atoms with Gasteiger partial charge in [-0.2, -0.15) is 5.26 Å². The fourth-order valence-corrected chi connectivity index (χ4v) is 1.73. The highest BCUT2D eigenvalue weighted by atomic mass is 19.1. The Kier molecular flexibility index (Phi) is 5.97. The summed E-state index contributed by atoms with van der Waals surface area (Å²) in [6.07, 6.45) is 0.178. The third kappa shape index (κ3) is 4.34. The van der Waals surface area contributed by atoms with Crippen LogP contribution in [0.4, 0.5) is 4.39 Å². The van der Waals surface area contributed by atoms with Gasteiger partial charge in [-0.25, -0.2) is 4.39 Å². The van der Waals surface area contributed by atoms with E-state index in [1.807, 2.05) is 6.07 Å². The number of nitrogens with zero attached hydrogens (tertiary/aromatic N) is 2. The molecule has 1 atom stereocenters. The van der Waals surface area contributed by atoms with Crippen LogP contribution in [-0.4, -0.2) is 31.1 Å². The van der Waals surface area contributed by atoms with E-state index in [-0.39, 0.29) is 12.4 Å². The fourth-order valence-electron chi connectivity index (χ4n) is 1.73. The Balaban J connectivity index is 2.68. The highest BCUT2D eigenvalue weighted by Gasteiger charge is 2.20. The summed E-state index contributed by atoms with van der Waals surface area (Å²) in [5.74, 6) is -0.739. The van der Waals surface area contributed by atoms with Crippen molar-refractivity contribution in [3.8, 4) is 6.07 Å². The van der Waals surface area contributed by atoms with Crippen LogP contribution in [0.5, 0.6) is 0 Å². The molecule has 19 heavy (non-hydrogen) atoms. The molecule has 1 aromatic rings. The van der Waals surface area contributed by atoms with Gasteiger partial charge in [-0.15, -0.1) is 0 Å². The van der Waals surface area contributed by atoms with Crippen molar-refractivity contribution in [2.24, 2.45) is 0 Å². The first-order chi connectivity index (χ1) is 9.10. The monoisotopic (exact) mass is 264 g/mol. The molecule has 0 heterocycles. The molecule has 4 nitrogen and oxygen atoms in total. The molecule has 0 amide bonds. The van der Waals surface area contributed by atoms with Gasteiger partial charge in [-0.05, 0) is 20.0 Å². The van der Waals surface area contributed by atoms with Gasteiger partial charge < -0.3 is 4.74 Å². The molecular formula is C14H17FN2O2. The number of ether oxygens (including phenoxy) is 1. The van der Waals surface area contributed by atoms with E-state index < -0.39 is 11.9 Å². The maximum absolute atomic E-state index is 13.6. The van der Waals surface area contributed by atoms with Gasteiger partial charge in [0, 0.05) is 12.1 Å². The molecule has 0 aliphatic rings. The summed E-state index contributed by atoms with van der Waals surface area (Å²) in [4.78, 5) is 12.9. The average Bonchev–Trinajstić information content (AvgIpc) is 2.40. The maximum atomic E-state index is 13.6. The Bertz CT molecular complexity index is 471. The van der Waals surface area contributed by atoms with Crippen LogP contribution in [0.15, 0.2) is 24.3 Å². The molecule has 0 bridgehead atoms. The molecular weight excluding hydrogens is 247 g/mol. The van der Waals surface area contributed by atoms with Gasteiger partial charge in [-0.1, -0.05) is 18.2 Å². The fraction of sp³-hybridized carbons (Fsp3) is 0.429. The molecule has 0 aliphatic carbocycles. The van der Waals surface area contributed by atoms with E-state index in [9.17, 15) is 9.18 Å². The number of hydrogen-bond acceptors (Lipinski definition) is 4. The number of carbonyl (C=O) groups excluding carboxylic acids is 1. The molecule has 0 N–H and O–H groups in total. The lowest BCUT2D eigenvalue weighted by molar-refractivity contribution is -0.143. The van der Waals surface area contributed by atoms with Crippen molar-refractivity contribution in [1.82, 2.24) is 4.90 Å². The van der Waals surface area contributed by atoms with Crippen molar-refractivity contribution in [1.29, 1.82) is 5.26 Å². The molecule has 0 saturated carbocycles. The second kappa shape index (κ2) is 7.49. The summed E-state index contributed by atoms with van der Waals surface area (Å²) in [7, 11) is 1.68. The number of benzene rings is 1. The second-order valence-electron chi connectivity index (χ2n) is 4.09. The minimum Gasteiger partial charge on any atom is -0.466 e. The molecule has 0 fully saturated rings. The highest BCUT2D eigenvalue weighted by molar-refractivity contribution is 5.69. The van der Waals surface area contributed by atoms with E-state index in [4.69, 9.17) is 10.00 Å². The Hall–Kier alpha value is -1.93. The second-order valence-corrected chi connectivity index (χ2v) is 4.09. The first-order valence-corrected chi connectivity index (χ1v) is 6.10. The quantitative estimate of drug-likeness (QED) is 0.740.